The molecule has 0 fully saturated rings. The van der Waals surface area contributed by atoms with E-state index in [2.05, 4.69) is 20.4 Å². The Balaban J connectivity index is 1.87. The summed E-state index contributed by atoms with van der Waals surface area (Å²) in [4.78, 5) is 21.7. The van der Waals surface area contributed by atoms with Crippen LogP contribution >= 0.6 is 22.9 Å². The van der Waals surface area contributed by atoms with Gasteiger partial charge in [0, 0.05) is 11.9 Å². The molecule has 3 heterocycles. The SMILES string of the molecule is Cc1cc(C)n(C(=O)c2sc(Nc3ccc(Cl)cn3)nc2C)n1. The monoisotopic (exact) mass is 347 g/mol. The topological polar surface area (TPSA) is 72.7 Å². The highest BCUT2D eigenvalue weighted by molar-refractivity contribution is 7.17. The van der Waals surface area contributed by atoms with Gasteiger partial charge in [-0.25, -0.2) is 14.6 Å². The molecule has 0 unspecified atom stereocenters. The van der Waals surface area contributed by atoms with E-state index in [0.29, 0.717) is 26.5 Å². The molecule has 1 N–H and O–H groups in total. The van der Waals surface area contributed by atoms with Crippen LogP contribution in [0.4, 0.5) is 10.9 Å². The number of anilines is 2. The number of halogens is 1. The van der Waals surface area contributed by atoms with Crippen molar-refractivity contribution in [3.63, 3.8) is 0 Å². The van der Waals surface area contributed by atoms with Gasteiger partial charge in [0.2, 0.25) is 0 Å². The molecule has 0 bridgehead atoms. The molecule has 0 atom stereocenters. The zero-order valence-corrected chi connectivity index (χ0v) is 14.4. The lowest BCUT2D eigenvalue weighted by Gasteiger charge is -2.01. The number of nitrogens with one attached hydrogen (secondary N) is 1. The van der Waals surface area contributed by atoms with E-state index < -0.39 is 0 Å². The Morgan fingerprint density at radius 2 is 2.09 bits per heavy atom. The van der Waals surface area contributed by atoms with Gasteiger partial charge in [-0.1, -0.05) is 22.9 Å². The van der Waals surface area contributed by atoms with Crippen LogP contribution in [0.1, 0.15) is 26.8 Å². The predicted octanol–water partition coefficient (Wildman–Crippen LogP) is 3.75. The Hall–Kier alpha value is -2.25. The molecule has 0 saturated carbocycles. The minimum Gasteiger partial charge on any atom is -0.316 e. The lowest BCUT2D eigenvalue weighted by atomic mass is 10.3. The smallest absolute Gasteiger partial charge is 0.290 e. The average molecular weight is 348 g/mol. The largest absolute Gasteiger partial charge is 0.316 e. The average Bonchev–Trinajstić information content (AvgIpc) is 3.03. The minimum absolute atomic E-state index is 0.178. The number of pyridine rings is 1. The highest BCUT2D eigenvalue weighted by Gasteiger charge is 2.19. The van der Waals surface area contributed by atoms with Crippen molar-refractivity contribution in [2.75, 3.05) is 5.32 Å². The number of carbonyl (C=O) groups excluding carboxylic acids is 1. The van der Waals surface area contributed by atoms with Crippen molar-refractivity contribution in [1.29, 1.82) is 0 Å². The molecule has 0 saturated heterocycles. The zero-order valence-electron chi connectivity index (χ0n) is 12.8. The van der Waals surface area contributed by atoms with Crippen molar-refractivity contribution in [2.24, 2.45) is 0 Å². The number of hydrogen-bond acceptors (Lipinski definition) is 6. The van der Waals surface area contributed by atoms with E-state index in [4.69, 9.17) is 11.6 Å². The van der Waals surface area contributed by atoms with Crippen LogP contribution < -0.4 is 5.32 Å². The summed E-state index contributed by atoms with van der Waals surface area (Å²) in [5, 5.41) is 8.46. The first-order chi connectivity index (χ1) is 10.9. The highest BCUT2D eigenvalue weighted by Crippen LogP contribution is 2.26. The lowest BCUT2D eigenvalue weighted by molar-refractivity contribution is 0.0945. The maximum atomic E-state index is 12.6. The standard InChI is InChI=1S/C15H14ClN5OS/c1-8-6-9(2)21(20-8)14(22)13-10(3)18-15(23-13)19-12-5-4-11(16)7-17-12/h4-7H,1-3H3,(H,17,18,19). The van der Waals surface area contributed by atoms with E-state index in [9.17, 15) is 4.79 Å². The highest BCUT2D eigenvalue weighted by atomic mass is 35.5. The van der Waals surface area contributed by atoms with Crippen molar-refractivity contribution in [3.8, 4) is 0 Å². The number of hydrogen-bond donors (Lipinski definition) is 1. The Morgan fingerprint density at radius 1 is 1.30 bits per heavy atom. The Bertz CT molecular complexity index is 869. The van der Waals surface area contributed by atoms with E-state index in [0.717, 1.165) is 11.4 Å². The van der Waals surface area contributed by atoms with Crippen LogP contribution in [0.2, 0.25) is 5.02 Å². The third-order valence-corrected chi connectivity index (χ3v) is 4.44. The van der Waals surface area contributed by atoms with Crippen molar-refractivity contribution in [1.82, 2.24) is 19.7 Å². The van der Waals surface area contributed by atoms with Crippen molar-refractivity contribution >= 4 is 39.8 Å². The first-order valence-corrected chi connectivity index (χ1v) is 8.07. The van der Waals surface area contributed by atoms with Gasteiger partial charge in [-0.15, -0.1) is 0 Å². The van der Waals surface area contributed by atoms with Gasteiger partial charge >= 0.3 is 0 Å². The van der Waals surface area contributed by atoms with Gasteiger partial charge < -0.3 is 5.32 Å². The molecule has 23 heavy (non-hydrogen) atoms. The second kappa shape index (κ2) is 6.10. The molecular formula is C15H14ClN5OS. The van der Waals surface area contributed by atoms with E-state index >= 15 is 0 Å². The second-order valence-corrected chi connectivity index (χ2v) is 6.50. The molecule has 118 valence electrons. The molecule has 0 aliphatic rings. The summed E-state index contributed by atoms with van der Waals surface area (Å²) in [5.74, 6) is 0.441. The normalized spacial score (nSPS) is 10.8. The van der Waals surface area contributed by atoms with Crippen LogP contribution in [0.3, 0.4) is 0 Å². The summed E-state index contributed by atoms with van der Waals surface area (Å²) in [6.07, 6.45) is 1.55. The molecule has 0 aromatic carbocycles. The molecule has 0 aliphatic heterocycles. The number of nitrogens with zero attached hydrogens (tertiary/aromatic N) is 4. The van der Waals surface area contributed by atoms with Gasteiger partial charge in [0.05, 0.1) is 16.4 Å². The Morgan fingerprint density at radius 3 is 2.70 bits per heavy atom. The minimum atomic E-state index is -0.178. The van der Waals surface area contributed by atoms with Gasteiger partial charge in [0.15, 0.2) is 5.13 Å². The van der Waals surface area contributed by atoms with Crippen LogP contribution in [0, 0.1) is 20.8 Å². The first kappa shape index (κ1) is 15.6. The summed E-state index contributed by atoms with van der Waals surface area (Å²) in [7, 11) is 0. The molecule has 3 aromatic rings. The van der Waals surface area contributed by atoms with Crippen LogP contribution in [-0.2, 0) is 0 Å². The van der Waals surface area contributed by atoms with E-state index in [1.165, 1.54) is 16.0 Å². The number of aromatic nitrogens is 4. The summed E-state index contributed by atoms with van der Waals surface area (Å²) in [6.45, 7) is 5.51. The maximum Gasteiger partial charge on any atom is 0.290 e. The first-order valence-electron chi connectivity index (χ1n) is 6.88. The molecule has 3 rings (SSSR count). The predicted molar refractivity (Wildman–Crippen MR) is 90.8 cm³/mol. The summed E-state index contributed by atoms with van der Waals surface area (Å²) in [5.41, 5.74) is 2.26. The number of carbonyl (C=O) groups is 1. The third kappa shape index (κ3) is 3.25. The van der Waals surface area contributed by atoms with Crippen molar-refractivity contribution < 1.29 is 4.79 Å². The maximum absolute atomic E-state index is 12.6. The fourth-order valence-electron chi connectivity index (χ4n) is 2.14. The molecule has 8 heteroatoms. The molecule has 6 nitrogen and oxygen atoms in total. The van der Waals surface area contributed by atoms with Crippen LogP contribution in [0.15, 0.2) is 24.4 Å². The number of aryl methyl sites for hydroxylation is 3. The van der Waals surface area contributed by atoms with Crippen molar-refractivity contribution in [3.05, 3.63) is 51.4 Å². The van der Waals surface area contributed by atoms with Crippen molar-refractivity contribution in [2.45, 2.75) is 20.8 Å². The fraction of sp³-hybridized carbons (Fsp3) is 0.200. The molecule has 0 spiro atoms. The quantitative estimate of drug-likeness (QED) is 0.781. The summed E-state index contributed by atoms with van der Waals surface area (Å²) >= 11 is 7.09. The van der Waals surface area contributed by atoms with E-state index in [1.54, 1.807) is 25.3 Å². The summed E-state index contributed by atoms with van der Waals surface area (Å²) < 4.78 is 1.40. The zero-order chi connectivity index (χ0) is 16.6. The van der Waals surface area contributed by atoms with Gasteiger partial charge in [0.25, 0.3) is 5.91 Å². The van der Waals surface area contributed by atoms with E-state index in [1.807, 2.05) is 19.9 Å². The van der Waals surface area contributed by atoms with Gasteiger partial charge in [-0.3, -0.25) is 4.79 Å². The molecule has 0 radical (unpaired) electrons. The fourth-order valence-corrected chi connectivity index (χ4v) is 3.15. The van der Waals surface area contributed by atoms with Gasteiger partial charge in [-0.2, -0.15) is 5.10 Å². The van der Waals surface area contributed by atoms with Gasteiger partial charge in [0.1, 0.15) is 10.7 Å². The Labute approximate surface area is 142 Å². The molecule has 0 aliphatic carbocycles. The van der Waals surface area contributed by atoms with Crippen LogP contribution in [0.5, 0.6) is 0 Å². The summed E-state index contributed by atoms with van der Waals surface area (Å²) in [6, 6.07) is 5.35. The Kier molecular flexibility index (Phi) is 4.14. The molecular weight excluding hydrogens is 334 g/mol. The van der Waals surface area contributed by atoms with Gasteiger partial charge in [-0.05, 0) is 39.0 Å². The third-order valence-electron chi connectivity index (χ3n) is 3.16. The second-order valence-electron chi connectivity index (χ2n) is 5.06. The van der Waals surface area contributed by atoms with Crippen LogP contribution in [-0.4, -0.2) is 25.7 Å². The lowest BCUT2D eigenvalue weighted by Crippen LogP contribution is -2.14. The van der Waals surface area contributed by atoms with E-state index in [-0.39, 0.29) is 5.91 Å². The molecule has 0 amide bonds. The van der Waals surface area contributed by atoms with Crippen LogP contribution in [0.25, 0.3) is 0 Å². The number of rotatable bonds is 3. The molecule has 3 aromatic heterocycles. The number of thiazole rings is 1.